The van der Waals surface area contributed by atoms with E-state index in [1.807, 2.05) is 12.1 Å². The molecule has 5 rings (SSSR count). The molecule has 29 heavy (non-hydrogen) atoms. The molecule has 3 aromatic rings. The second kappa shape index (κ2) is 7.96. The molecule has 0 fully saturated rings. The number of fused-ring (bicyclic) bond motifs is 1. The summed E-state index contributed by atoms with van der Waals surface area (Å²) in [4.78, 5) is 8.58. The molecule has 0 radical (unpaired) electrons. The summed E-state index contributed by atoms with van der Waals surface area (Å²) in [5, 5.41) is 0.746. The highest BCUT2D eigenvalue weighted by Crippen LogP contribution is 2.33. The maximum absolute atomic E-state index is 6.71. The van der Waals surface area contributed by atoms with Gasteiger partial charge in [0.25, 0.3) is 0 Å². The Morgan fingerprint density at radius 1 is 0.828 bits per heavy atom. The van der Waals surface area contributed by atoms with Crippen LogP contribution in [0.4, 0.5) is 0 Å². The largest absolute Gasteiger partial charge is 0.268 e. The van der Waals surface area contributed by atoms with Gasteiger partial charge in [-0.05, 0) is 53.9 Å². The number of nitrogens with zero attached hydrogens (tertiary/aromatic N) is 2. The van der Waals surface area contributed by atoms with Crippen molar-refractivity contribution < 1.29 is 0 Å². The van der Waals surface area contributed by atoms with Crippen LogP contribution >= 0.6 is 11.6 Å². The first-order valence-corrected chi connectivity index (χ1v) is 10.6. The van der Waals surface area contributed by atoms with Crippen LogP contribution in [0.1, 0.15) is 28.7 Å². The maximum Gasteiger partial charge on any atom is 0.130 e. The highest BCUT2D eigenvalue weighted by atomic mass is 35.5. The van der Waals surface area contributed by atoms with Crippen molar-refractivity contribution >= 4 is 23.5 Å². The molecule has 2 nitrogen and oxygen atoms in total. The average molecular weight is 399 g/mol. The zero-order valence-corrected chi connectivity index (χ0v) is 17.1. The number of hydrogen-bond acceptors (Lipinski definition) is 2. The third-order valence-electron chi connectivity index (χ3n) is 6.05. The Labute approximate surface area is 177 Å². The van der Waals surface area contributed by atoms with E-state index < -0.39 is 0 Å². The molecule has 0 aromatic heterocycles. The molecule has 0 saturated carbocycles. The van der Waals surface area contributed by atoms with Crippen LogP contribution in [0.5, 0.6) is 0 Å². The molecule has 0 amide bonds. The molecule has 1 aliphatic heterocycles. The fourth-order valence-electron chi connectivity index (χ4n) is 4.47. The number of aliphatic imine (C=N–C) groups is 2. The van der Waals surface area contributed by atoms with Crippen LogP contribution in [0.3, 0.4) is 0 Å². The topological polar surface area (TPSA) is 24.7 Å². The van der Waals surface area contributed by atoms with Crippen LogP contribution in [0.2, 0.25) is 5.02 Å². The van der Waals surface area contributed by atoms with Crippen molar-refractivity contribution in [2.75, 3.05) is 6.67 Å². The van der Waals surface area contributed by atoms with Crippen molar-refractivity contribution in [3.8, 4) is 11.1 Å². The summed E-state index contributed by atoms with van der Waals surface area (Å²) in [5.74, 6) is 0.770. The van der Waals surface area contributed by atoms with E-state index in [0.717, 1.165) is 39.8 Å². The van der Waals surface area contributed by atoms with Gasteiger partial charge in [-0.1, -0.05) is 78.3 Å². The van der Waals surface area contributed by atoms with Gasteiger partial charge in [0, 0.05) is 17.3 Å². The Morgan fingerprint density at radius 2 is 1.55 bits per heavy atom. The molecule has 0 saturated heterocycles. The summed E-state index contributed by atoms with van der Waals surface area (Å²) in [5.41, 5.74) is 8.48. The van der Waals surface area contributed by atoms with E-state index in [0.29, 0.717) is 6.67 Å². The summed E-state index contributed by atoms with van der Waals surface area (Å²) in [6, 6.07) is 23.9. The van der Waals surface area contributed by atoms with Crippen molar-refractivity contribution in [2.45, 2.75) is 25.7 Å². The van der Waals surface area contributed by atoms with Gasteiger partial charge in [-0.15, -0.1) is 0 Å². The lowest BCUT2D eigenvalue weighted by Crippen LogP contribution is -2.02. The molecular weight excluding hydrogens is 376 g/mol. The standard InChI is InChI=1S/C26H23ClN2/c27-26-23(6-3-7-24(26)25-16-28-17-29-25)20-12-10-18(11-13-20)8-9-19-14-21-4-1-2-5-22(21)15-19/h1-7,10-13,16,19H,8-9,14-15,17H2. The lowest BCUT2D eigenvalue weighted by Gasteiger charge is -2.11. The third-order valence-corrected chi connectivity index (χ3v) is 6.46. The van der Waals surface area contributed by atoms with Crippen molar-refractivity contribution in [2.24, 2.45) is 15.9 Å². The van der Waals surface area contributed by atoms with E-state index in [1.54, 1.807) is 17.3 Å². The monoisotopic (exact) mass is 398 g/mol. The SMILES string of the molecule is Clc1c(C2=NCN=C2)cccc1-c1ccc(CCC2Cc3ccccc3C2)cc1. The van der Waals surface area contributed by atoms with E-state index in [1.165, 1.54) is 24.8 Å². The normalized spacial score (nSPS) is 15.6. The number of rotatable bonds is 5. The number of benzene rings is 3. The highest BCUT2D eigenvalue weighted by Gasteiger charge is 2.20. The second-order valence-electron chi connectivity index (χ2n) is 7.94. The molecule has 1 heterocycles. The predicted octanol–water partition coefficient (Wildman–Crippen LogP) is 6.19. The summed E-state index contributed by atoms with van der Waals surface area (Å²) >= 11 is 6.71. The van der Waals surface area contributed by atoms with Crippen molar-refractivity contribution in [3.63, 3.8) is 0 Å². The molecule has 3 heteroatoms. The van der Waals surface area contributed by atoms with E-state index in [4.69, 9.17) is 11.6 Å². The van der Waals surface area contributed by atoms with E-state index in [9.17, 15) is 0 Å². The summed E-state index contributed by atoms with van der Waals surface area (Å²) < 4.78 is 0. The Morgan fingerprint density at radius 3 is 2.24 bits per heavy atom. The number of halogens is 1. The van der Waals surface area contributed by atoms with Crippen molar-refractivity contribution in [1.82, 2.24) is 0 Å². The summed E-state index contributed by atoms with van der Waals surface area (Å²) in [6.45, 7) is 0.497. The van der Waals surface area contributed by atoms with Gasteiger partial charge in [-0.2, -0.15) is 0 Å². The van der Waals surface area contributed by atoms with Crippen LogP contribution in [0, 0.1) is 5.92 Å². The lowest BCUT2D eigenvalue weighted by atomic mass is 9.95. The first-order chi connectivity index (χ1) is 14.3. The van der Waals surface area contributed by atoms with Crippen LogP contribution in [-0.2, 0) is 19.3 Å². The van der Waals surface area contributed by atoms with Gasteiger partial charge in [0.05, 0.1) is 10.7 Å². The lowest BCUT2D eigenvalue weighted by molar-refractivity contribution is 0.514. The van der Waals surface area contributed by atoms with Gasteiger partial charge >= 0.3 is 0 Å². The third kappa shape index (κ3) is 3.77. The van der Waals surface area contributed by atoms with E-state index in [-0.39, 0.29) is 0 Å². The molecule has 144 valence electrons. The van der Waals surface area contributed by atoms with Crippen molar-refractivity contribution in [3.05, 3.63) is 94.0 Å². The minimum Gasteiger partial charge on any atom is -0.268 e. The fraction of sp³-hybridized carbons (Fsp3) is 0.231. The zero-order chi connectivity index (χ0) is 19.6. The Kier molecular flexibility index (Phi) is 5.03. The minimum atomic E-state index is 0.497. The molecular formula is C26H23ClN2. The second-order valence-corrected chi connectivity index (χ2v) is 8.32. The summed E-state index contributed by atoms with van der Waals surface area (Å²) in [6.07, 6.45) is 6.62. The quantitative estimate of drug-likeness (QED) is 0.489. The minimum absolute atomic E-state index is 0.497. The van der Waals surface area contributed by atoms with Crippen LogP contribution in [0.25, 0.3) is 11.1 Å². The zero-order valence-electron chi connectivity index (χ0n) is 16.3. The van der Waals surface area contributed by atoms with Gasteiger partial charge in [-0.3, -0.25) is 9.98 Å². The Balaban J connectivity index is 1.28. The van der Waals surface area contributed by atoms with E-state index in [2.05, 4.69) is 64.6 Å². The van der Waals surface area contributed by atoms with Crippen LogP contribution in [0.15, 0.2) is 76.7 Å². The van der Waals surface area contributed by atoms with Gasteiger partial charge in [-0.25, -0.2) is 0 Å². The number of hydrogen-bond donors (Lipinski definition) is 0. The van der Waals surface area contributed by atoms with Gasteiger partial charge in [0.15, 0.2) is 0 Å². The smallest absolute Gasteiger partial charge is 0.130 e. The molecule has 0 unspecified atom stereocenters. The van der Waals surface area contributed by atoms with Crippen molar-refractivity contribution in [1.29, 1.82) is 0 Å². The van der Waals surface area contributed by atoms with Gasteiger partial charge in [0.1, 0.15) is 6.67 Å². The van der Waals surface area contributed by atoms with Gasteiger partial charge < -0.3 is 0 Å². The average Bonchev–Trinajstić information content (AvgIpc) is 3.42. The number of aryl methyl sites for hydroxylation is 1. The Bertz CT molecular complexity index is 1070. The first-order valence-electron chi connectivity index (χ1n) is 10.3. The molecule has 0 bridgehead atoms. The van der Waals surface area contributed by atoms with Gasteiger partial charge in [0.2, 0.25) is 0 Å². The molecule has 0 spiro atoms. The molecule has 1 aliphatic carbocycles. The summed E-state index contributed by atoms with van der Waals surface area (Å²) in [7, 11) is 0. The molecule has 2 aliphatic rings. The first kappa shape index (κ1) is 18.3. The molecule has 3 aromatic carbocycles. The fourth-order valence-corrected chi connectivity index (χ4v) is 4.80. The maximum atomic E-state index is 6.71. The van der Waals surface area contributed by atoms with E-state index >= 15 is 0 Å². The molecule has 0 N–H and O–H groups in total. The van der Waals surface area contributed by atoms with Crippen LogP contribution < -0.4 is 0 Å². The predicted molar refractivity (Wildman–Crippen MR) is 122 cm³/mol. The molecule has 0 atom stereocenters. The Hall–Kier alpha value is -2.71. The highest BCUT2D eigenvalue weighted by molar-refractivity contribution is 6.45. The van der Waals surface area contributed by atoms with Crippen LogP contribution in [-0.4, -0.2) is 18.6 Å².